The summed E-state index contributed by atoms with van der Waals surface area (Å²) in [4.78, 5) is 2.32. The fraction of sp³-hybridized carbons (Fsp3) is 0.417. The van der Waals surface area contributed by atoms with Crippen molar-refractivity contribution in [2.75, 3.05) is 18.0 Å². The fourth-order valence-corrected chi connectivity index (χ4v) is 2.18. The molecule has 0 aliphatic carbocycles. The van der Waals surface area contributed by atoms with Crippen LogP contribution in [0.1, 0.15) is 18.9 Å². The first-order valence-electron chi connectivity index (χ1n) is 5.15. The molecule has 1 saturated heterocycles. The van der Waals surface area contributed by atoms with E-state index in [-0.39, 0.29) is 0 Å². The lowest BCUT2D eigenvalue weighted by molar-refractivity contribution is 0.659. The van der Waals surface area contributed by atoms with Gasteiger partial charge in [-0.3, -0.25) is 0 Å². The maximum absolute atomic E-state index is 8.77. The van der Waals surface area contributed by atoms with E-state index in [0.717, 1.165) is 24.7 Å². The Kier molecular flexibility index (Phi) is 2.83. The van der Waals surface area contributed by atoms with Crippen LogP contribution in [0, 0.1) is 17.2 Å². The summed E-state index contributed by atoms with van der Waals surface area (Å²) < 4.78 is 0. The Labute approximate surface area is 95.1 Å². The molecule has 0 unspecified atom stereocenters. The van der Waals surface area contributed by atoms with Crippen LogP contribution < -0.4 is 4.90 Å². The Balaban J connectivity index is 2.24. The van der Waals surface area contributed by atoms with Gasteiger partial charge in [-0.15, -0.1) is 0 Å². The topological polar surface area (TPSA) is 27.0 Å². The second-order valence-electron chi connectivity index (χ2n) is 4.12. The van der Waals surface area contributed by atoms with Gasteiger partial charge in [0.05, 0.1) is 10.6 Å². The molecule has 2 rings (SSSR count). The van der Waals surface area contributed by atoms with Crippen LogP contribution >= 0.6 is 11.6 Å². The molecule has 1 heterocycles. The van der Waals surface area contributed by atoms with Crippen LogP contribution in [0.3, 0.4) is 0 Å². The molecule has 1 atom stereocenters. The zero-order chi connectivity index (χ0) is 10.8. The molecule has 0 radical (unpaired) electrons. The summed E-state index contributed by atoms with van der Waals surface area (Å²) in [5, 5.41) is 9.32. The van der Waals surface area contributed by atoms with E-state index in [4.69, 9.17) is 16.9 Å². The minimum atomic E-state index is 0.549. The van der Waals surface area contributed by atoms with Gasteiger partial charge < -0.3 is 4.90 Å². The first kappa shape index (κ1) is 10.3. The molecule has 2 nitrogen and oxygen atoms in total. The van der Waals surface area contributed by atoms with Crippen LogP contribution in [0.4, 0.5) is 5.69 Å². The number of nitriles is 1. The van der Waals surface area contributed by atoms with Crippen LogP contribution in [0.5, 0.6) is 0 Å². The highest BCUT2D eigenvalue weighted by atomic mass is 35.5. The monoisotopic (exact) mass is 220 g/mol. The lowest BCUT2D eigenvalue weighted by atomic mass is 10.2. The Morgan fingerprint density at radius 1 is 1.53 bits per heavy atom. The number of hydrogen-bond donors (Lipinski definition) is 0. The highest BCUT2D eigenvalue weighted by Gasteiger charge is 2.19. The van der Waals surface area contributed by atoms with Crippen molar-refractivity contribution in [2.45, 2.75) is 13.3 Å². The molecular weight excluding hydrogens is 208 g/mol. The summed E-state index contributed by atoms with van der Waals surface area (Å²) in [7, 11) is 0. The third-order valence-corrected chi connectivity index (χ3v) is 3.17. The first-order chi connectivity index (χ1) is 7.20. The van der Waals surface area contributed by atoms with Crippen LogP contribution in [0.2, 0.25) is 5.02 Å². The molecule has 1 fully saturated rings. The summed E-state index contributed by atoms with van der Waals surface area (Å²) in [5.74, 6) is 0.749. The maximum atomic E-state index is 8.77. The third-order valence-electron chi connectivity index (χ3n) is 2.86. The van der Waals surface area contributed by atoms with Gasteiger partial charge >= 0.3 is 0 Å². The van der Waals surface area contributed by atoms with E-state index in [2.05, 4.69) is 17.9 Å². The van der Waals surface area contributed by atoms with Gasteiger partial charge in [-0.1, -0.05) is 18.5 Å². The lowest BCUT2D eigenvalue weighted by Crippen LogP contribution is -2.18. The smallest absolute Gasteiger partial charge is 0.101 e. The Hall–Kier alpha value is -1.20. The van der Waals surface area contributed by atoms with Gasteiger partial charge in [0.15, 0.2) is 0 Å². The fourth-order valence-electron chi connectivity index (χ4n) is 1.96. The van der Waals surface area contributed by atoms with Crippen LogP contribution in [0.25, 0.3) is 0 Å². The van der Waals surface area contributed by atoms with Gasteiger partial charge in [-0.05, 0) is 30.5 Å². The molecule has 0 amide bonds. The second-order valence-corrected chi connectivity index (χ2v) is 4.52. The van der Waals surface area contributed by atoms with Gasteiger partial charge in [0, 0.05) is 18.8 Å². The maximum Gasteiger partial charge on any atom is 0.101 e. The van der Waals surface area contributed by atoms with Crippen molar-refractivity contribution in [2.24, 2.45) is 5.92 Å². The molecule has 0 aromatic heterocycles. The summed E-state index contributed by atoms with van der Waals surface area (Å²) >= 11 is 6.00. The minimum Gasteiger partial charge on any atom is -0.371 e. The first-order valence-corrected chi connectivity index (χ1v) is 5.53. The minimum absolute atomic E-state index is 0.549. The zero-order valence-corrected chi connectivity index (χ0v) is 9.46. The molecule has 1 aromatic carbocycles. The van der Waals surface area contributed by atoms with E-state index in [1.54, 1.807) is 6.07 Å². The van der Waals surface area contributed by atoms with Crippen molar-refractivity contribution in [1.29, 1.82) is 5.26 Å². The molecular formula is C12H13ClN2. The van der Waals surface area contributed by atoms with Crippen molar-refractivity contribution < 1.29 is 0 Å². The van der Waals surface area contributed by atoms with E-state index < -0.39 is 0 Å². The van der Waals surface area contributed by atoms with Crippen LogP contribution in [0.15, 0.2) is 18.2 Å². The Morgan fingerprint density at radius 2 is 2.33 bits per heavy atom. The van der Waals surface area contributed by atoms with Crippen molar-refractivity contribution >= 4 is 17.3 Å². The number of rotatable bonds is 1. The van der Waals surface area contributed by atoms with Crippen molar-refractivity contribution in [3.63, 3.8) is 0 Å². The molecule has 0 spiro atoms. The van der Waals surface area contributed by atoms with E-state index in [9.17, 15) is 0 Å². The highest BCUT2D eigenvalue weighted by molar-refractivity contribution is 6.32. The lowest BCUT2D eigenvalue weighted by Gasteiger charge is -2.18. The predicted octanol–water partition coefficient (Wildman–Crippen LogP) is 3.06. The number of halogens is 1. The second kappa shape index (κ2) is 4.12. The molecule has 1 aromatic rings. The van der Waals surface area contributed by atoms with Crippen molar-refractivity contribution in [3.8, 4) is 6.07 Å². The average Bonchev–Trinajstić information content (AvgIpc) is 2.65. The number of hydrogen-bond acceptors (Lipinski definition) is 2. The standard InChI is InChI=1S/C12H13ClN2/c1-9-4-5-15(8-9)11-3-2-10(7-14)12(13)6-11/h2-3,6,9H,4-5,8H2,1H3/t9-/m1/s1. The van der Waals surface area contributed by atoms with Crippen LogP contribution in [-0.2, 0) is 0 Å². The highest BCUT2D eigenvalue weighted by Crippen LogP contribution is 2.27. The van der Waals surface area contributed by atoms with Gasteiger partial charge in [0.1, 0.15) is 6.07 Å². The van der Waals surface area contributed by atoms with Gasteiger partial charge in [-0.2, -0.15) is 5.26 Å². The number of benzene rings is 1. The third kappa shape index (κ3) is 2.08. The Bertz CT molecular complexity index is 409. The largest absolute Gasteiger partial charge is 0.371 e. The van der Waals surface area contributed by atoms with Crippen molar-refractivity contribution in [1.82, 2.24) is 0 Å². The summed E-state index contributed by atoms with van der Waals surface area (Å²) in [5.41, 5.74) is 1.68. The normalized spacial score (nSPS) is 20.3. The molecule has 78 valence electrons. The average molecular weight is 221 g/mol. The van der Waals surface area contributed by atoms with Crippen molar-refractivity contribution in [3.05, 3.63) is 28.8 Å². The van der Waals surface area contributed by atoms with Gasteiger partial charge in [-0.25, -0.2) is 0 Å². The molecule has 0 N–H and O–H groups in total. The van der Waals surface area contributed by atoms with Gasteiger partial charge in [0.25, 0.3) is 0 Å². The molecule has 0 saturated carbocycles. The van der Waals surface area contributed by atoms with E-state index in [1.165, 1.54) is 6.42 Å². The number of nitrogens with zero attached hydrogens (tertiary/aromatic N) is 2. The van der Waals surface area contributed by atoms with E-state index >= 15 is 0 Å². The zero-order valence-electron chi connectivity index (χ0n) is 8.70. The quantitative estimate of drug-likeness (QED) is 0.728. The molecule has 0 bridgehead atoms. The summed E-state index contributed by atoms with van der Waals surface area (Å²) in [6.07, 6.45) is 1.23. The number of anilines is 1. The van der Waals surface area contributed by atoms with Crippen LogP contribution in [-0.4, -0.2) is 13.1 Å². The molecule has 15 heavy (non-hydrogen) atoms. The van der Waals surface area contributed by atoms with E-state index in [1.807, 2.05) is 12.1 Å². The molecule has 3 heteroatoms. The SMILES string of the molecule is C[C@@H]1CCN(c2ccc(C#N)c(Cl)c2)C1. The van der Waals surface area contributed by atoms with Gasteiger partial charge in [0.2, 0.25) is 0 Å². The Morgan fingerprint density at radius 3 is 2.87 bits per heavy atom. The predicted molar refractivity (Wildman–Crippen MR) is 62.2 cm³/mol. The summed E-state index contributed by atoms with van der Waals surface area (Å²) in [6.45, 7) is 4.43. The van der Waals surface area contributed by atoms with E-state index in [0.29, 0.717) is 10.6 Å². The summed E-state index contributed by atoms with van der Waals surface area (Å²) in [6, 6.07) is 7.73. The molecule has 1 aliphatic rings. The molecule has 1 aliphatic heterocycles.